The fraction of sp³-hybridized carbons (Fsp3) is 0.474. The van der Waals surface area contributed by atoms with Gasteiger partial charge in [-0.15, -0.1) is 23.4 Å². The second-order valence-electron chi connectivity index (χ2n) is 19.6. The van der Waals surface area contributed by atoms with Crippen molar-refractivity contribution in [1.82, 2.24) is 43.9 Å². The SMILES string of the molecule is C1CCC1.CC(CCC=O)N(C)Cc1cc(N2CCN(Cc3ccc(CCOC4CCN(Cc5ccccn(-c6cccc(Cc7nncn7C)c6)c(=O)n(C(F)(F)F)c5)CC4)cc3)CC2)ccc1C=O.CNC=O. The quantitative estimate of drug-likeness (QED) is 0.0758. The average molecular weight is 1040 g/mol. The Bertz CT molecular complexity index is 2660. The molecule has 18 heteroatoms. The highest BCUT2D eigenvalue weighted by atomic mass is 19.4. The molecule has 404 valence electrons. The van der Waals surface area contributed by atoms with Crippen molar-refractivity contribution in [3.63, 3.8) is 0 Å². The predicted molar refractivity (Wildman–Crippen MR) is 286 cm³/mol. The molecule has 1 saturated carbocycles. The minimum Gasteiger partial charge on any atom is -0.378 e. The summed E-state index contributed by atoms with van der Waals surface area (Å²) in [6, 6.07) is 26.8. The topological polar surface area (TPSA) is 143 Å². The molecule has 1 unspecified atom stereocenters. The molecule has 1 N–H and O–H groups in total. The number of nitrogens with one attached hydrogen (secondary N) is 1. The summed E-state index contributed by atoms with van der Waals surface area (Å²) in [5.41, 5.74) is 5.51. The summed E-state index contributed by atoms with van der Waals surface area (Å²) in [5, 5.41) is 10.2. The van der Waals surface area contributed by atoms with E-state index in [0.717, 1.165) is 98.6 Å². The van der Waals surface area contributed by atoms with Gasteiger partial charge >= 0.3 is 12.0 Å². The van der Waals surface area contributed by atoms with Crippen molar-refractivity contribution in [2.24, 2.45) is 7.05 Å². The van der Waals surface area contributed by atoms with E-state index in [4.69, 9.17) is 9.53 Å². The van der Waals surface area contributed by atoms with Crippen LogP contribution in [0.5, 0.6) is 0 Å². The Morgan fingerprint density at radius 2 is 1.48 bits per heavy atom. The number of nitrogens with zero attached hydrogens (tertiary/aromatic N) is 9. The molecule has 0 radical (unpaired) electrons. The first-order chi connectivity index (χ1) is 36.3. The van der Waals surface area contributed by atoms with Gasteiger partial charge in [0.15, 0.2) is 0 Å². The second kappa shape index (κ2) is 29.6. The Morgan fingerprint density at radius 3 is 2.11 bits per heavy atom. The van der Waals surface area contributed by atoms with E-state index in [1.165, 1.54) is 43.0 Å². The van der Waals surface area contributed by atoms with E-state index >= 15 is 0 Å². The molecule has 3 fully saturated rings. The highest BCUT2D eigenvalue weighted by Crippen LogP contribution is 2.25. The van der Waals surface area contributed by atoms with Gasteiger partial charge in [-0.25, -0.2) is 9.36 Å². The maximum Gasteiger partial charge on any atom is 0.492 e. The van der Waals surface area contributed by atoms with E-state index in [0.29, 0.717) is 68.1 Å². The predicted octanol–water partition coefficient (Wildman–Crippen LogP) is 8.04. The molecular weight excluding hydrogens is 962 g/mol. The summed E-state index contributed by atoms with van der Waals surface area (Å²) < 4.78 is 52.5. The van der Waals surface area contributed by atoms with E-state index in [1.807, 2.05) is 32.3 Å². The Kier molecular flexibility index (Phi) is 22.8. The van der Waals surface area contributed by atoms with E-state index in [-0.39, 0.29) is 23.3 Å². The lowest BCUT2D eigenvalue weighted by Crippen LogP contribution is -2.46. The van der Waals surface area contributed by atoms with Crippen LogP contribution in [0.3, 0.4) is 0 Å². The fourth-order valence-electron chi connectivity index (χ4n) is 9.01. The molecule has 3 aliphatic rings. The normalized spacial score (nSPS) is 15.6. The monoisotopic (exact) mass is 1040 g/mol. The fourth-order valence-corrected chi connectivity index (χ4v) is 9.01. The lowest BCUT2D eigenvalue weighted by Gasteiger charge is -2.36. The van der Waals surface area contributed by atoms with E-state index < -0.39 is 12.0 Å². The van der Waals surface area contributed by atoms with Crippen molar-refractivity contribution in [2.45, 2.75) is 109 Å². The van der Waals surface area contributed by atoms with Crippen LogP contribution in [0.4, 0.5) is 18.9 Å². The number of piperazine rings is 1. The van der Waals surface area contributed by atoms with Crippen molar-refractivity contribution < 1.29 is 32.3 Å². The summed E-state index contributed by atoms with van der Waals surface area (Å²) in [4.78, 5) is 54.5. The molecule has 2 aromatic heterocycles. The van der Waals surface area contributed by atoms with Crippen LogP contribution in [-0.4, -0.2) is 130 Å². The minimum absolute atomic E-state index is 0.0622. The van der Waals surface area contributed by atoms with Gasteiger partial charge < -0.3 is 24.3 Å². The minimum atomic E-state index is -4.95. The van der Waals surface area contributed by atoms with Gasteiger partial charge in [-0.2, -0.15) is 0 Å². The number of aromatic nitrogens is 5. The standard InChI is InChI=1S/C51H62F3N9O4.C4H8.C2H5NO/c1-39(8-7-28-64)57(2)36-45-32-46(17-16-44(45)37-65)61-26-24-60(25-27-61)33-41-14-12-40(13-15-41)20-29-67-48-18-22-59(23-19-48)34-43-9-4-5-21-62(50(66)63(35-43)51(52,53)54)47-11-6-10-42(30-47)31-49-56-55-38-58(49)3;1-2-4-3-1;1-3-2-4/h4-6,9-17,21,28,30,32,35,37-39,48H,7-8,18-20,22-27,29,31,33-34,36H2,1-3H3;1-4H2;2H,1H3,(H,3,4). The van der Waals surface area contributed by atoms with Crippen LogP contribution in [0.15, 0.2) is 108 Å². The molecule has 8 rings (SSSR count). The van der Waals surface area contributed by atoms with Crippen LogP contribution in [0.1, 0.15) is 102 Å². The molecular formula is C57H75F3N10O5. The second-order valence-corrected chi connectivity index (χ2v) is 19.6. The summed E-state index contributed by atoms with van der Waals surface area (Å²) >= 11 is 0. The molecule has 2 aliphatic heterocycles. The van der Waals surface area contributed by atoms with Gasteiger partial charge in [-0.1, -0.05) is 74.2 Å². The zero-order valence-corrected chi connectivity index (χ0v) is 44.0. The molecule has 1 atom stereocenters. The zero-order valence-electron chi connectivity index (χ0n) is 44.0. The largest absolute Gasteiger partial charge is 0.492 e. The Labute approximate surface area is 439 Å². The van der Waals surface area contributed by atoms with Crippen LogP contribution >= 0.6 is 0 Å². The van der Waals surface area contributed by atoms with Gasteiger partial charge in [-0.05, 0) is 104 Å². The van der Waals surface area contributed by atoms with Crippen LogP contribution in [-0.2, 0) is 60.1 Å². The number of ether oxygens (including phenoxy) is 1. The maximum absolute atomic E-state index is 14.5. The van der Waals surface area contributed by atoms with Crippen molar-refractivity contribution in [2.75, 3.05) is 64.9 Å². The molecule has 4 heterocycles. The van der Waals surface area contributed by atoms with E-state index in [9.17, 15) is 27.6 Å². The van der Waals surface area contributed by atoms with Gasteiger partial charge in [0.05, 0.1) is 18.4 Å². The molecule has 75 heavy (non-hydrogen) atoms. The number of benzene rings is 3. The van der Waals surface area contributed by atoms with Gasteiger partial charge in [0.25, 0.3) is 0 Å². The van der Waals surface area contributed by atoms with Crippen LogP contribution in [0.25, 0.3) is 5.69 Å². The van der Waals surface area contributed by atoms with Gasteiger partial charge in [0, 0.05) is 116 Å². The first-order valence-corrected chi connectivity index (χ1v) is 26.2. The smallest absolute Gasteiger partial charge is 0.378 e. The first-order valence-electron chi connectivity index (χ1n) is 26.2. The maximum atomic E-state index is 14.5. The molecule has 5 aromatic rings. The van der Waals surface area contributed by atoms with Crippen molar-refractivity contribution in [1.29, 1.82) is 0 Å². The highest BCUT2D eigenvalue weighted by Gasteiger charge is 2.33. The molecule has 1 amide bonds. The molecule has 0 bridgehead atoms. The third kappa shape index (κ3) is 18.1. The summed E-state index contributed by atoms with van der Waals surface area (Å²) in [6.45, 7) is 9.44. The summed E-state index contributed by atoms with van der Waals surface area (Å²) in [5.74, 6) is 0.684. The molecule has 3 aromatic carbocycles. The number of aryl methyl sites for hydroxylation is 1. The van der Waals surface area contributed by atoms with E-state index in [2.05, 4.69) is 72.4 Å². The lowest BCUT2D eigenvalue weighted by atomic mass is 10.0. The number of piperidine rings is 1. The first kappa shape index (κ1) is 57.8. The lowest BCUT2D eigenvalue weighted by molar-refractivity contribution is -0.207. The number of halogens is 3. The molecule has 2 saturated heterocycles. The number of rotatable bonds is 20. The number of carbonyl (C=O) groups is 3. The number of alkyl halides is 3. The van der Waals surface area contributed by atoms with Crippen molar-refractivity contribution >= 4 is 24.7 Å². The number of carbonyl (C=O) groups excluding carboxylic acids is 3. The Hall–Kier alpha value is -6.47. The Balaban J connectivity index is 0.00000105. The van der Waals surface area contributed by atoms with Crippen molar-refractivity contribution in [3.8, 4) is 5.69 Å². The highest BCUT2D eigenvalue weighted by molar-refractivity contribution is 5.78. The van der Waals surface area contributed by atoms with Crippen LogP contribution in [0.2, 0.25) is 0 Å². The Morgan fingerprint density at radius 1 is 0.813 bits per heavy atom. The number of anilines is 1. The van der Waals surface area contributed by atoms with Crippen molar-refractivity contribution in [3.05, 3.63) is 153 Å². The molecule has 0 spiro atoms. The summed E-state index contributed by atoms with van der Waals surface area (Å²) in [7, 11) is 5.41. The zero-order chi connectivity index (χ0) is 53.6. The van der Waals surface area contributed by atoms with Crippen LogP contribution in [0, 0.1) is 0 Å². The van der Waals surface area contributed by atoms with Gasteiger partial charge in [0.1, 0.15) is 24.7 Å². The number of aldehydes is 2. The average Bonchev–Trinajstić information content (AvgIpc) is 3.82. The van der Waals surface area contributed by atoms with Gasteiger partial charge in [-0.3, -0.25) is 28.9 Å². The summed E-state index contributed by atoms with van der Waals surface area (Å²) in [6.07, 6.45) is 11.5. The van der Waals surface area contributed by atoms with E-state index in [1.54, 1.807) is 54.3 Å². The number of hydrogen-bond acceptors (Lipinski definition) is 11. The van der Waals surface area contributed by atoms with Crippen LogP contribution < -0.4 is 15.9 Å². The number of hydrogen-bond donors (Lipinski definition) is 1. The molecule has 1 aliphatic carbocycles. The number of amides is 1. The third-order valence-electron chi connectivity index (χ3n) is 14.1. The number of likely N-dealkylation sites (tertiary alicyclic amines) is 1. The molecule has 15 nitrogen and oxygen atoms in total. The van der Waals surface area contributed by atoms with Gasteiger partial charge in [0.2, 0.25) is 6.41 Å². The third-order valence-corrected chi connectivity index (χ3v) is 14.1.